The summed E-state index contributed by atoms with van der Waals surface area (Å²) in [6.45, 7) is 9.83. The zero-order chi connectivity index (χ0) is 28.5. The largest absolute Gasteiger partial charge is 0.393 e. The van der Waals surface area contributed by atoms with Crippen LogP contribution in [-0.2, 0) is 15.0 Å². The summed E-state index contributed by atoms with van der Waals surface area (Å²) in [5.74, 6) is -1.07. The molecule has 1 aromatic rings. The van der Waals surface area contributed by atoms with Gasteiger partial charge in [-0.2, -0.15) is 0 Å². The second-order valence-corrected chi connectivity index (χ2v) is 13.1. The molecule has 2 heterocycles. The molecule has 0 aromatic heterocycles. The molecule has 0 unspecified atom stereocenters. The van der Waals surface area contributed by atoms with E-state index in [1.165, 1.54) is 6.08 Å². The van der Waals surface area contributed by atoms with Gasteiger partial charge in [0.05, 0.1) is 12.1 Å². The van der Waals surface area contributed by atoms with Crippen LogP contribution in [0.25, 0.3) is 0 Å². The van der Waals surface area contributed by atoms with Crippen molar-refractivity contribution in [1.82, 2.24) is 10.6 Å². The van der Waals surface area contributed by atoms with E-state index < -0.39 is 24.0 Å². The highest BCUT2D eigenvalue weighted by Gasteiger charge is 2.65. The number of carbonyl (C=O) groups is 2. The molecule has 2 amide bonds. The van der Waals surface area contributed by atoms with E-state index in [2.05, 4.69) is 43.3 Å². The smallest absolute Gasteiger partial charge is 0.238 e. The van der Waals surface area contributed by atoms with Crippen LogP contribution in [0.2, 0.25) is 5.02 Å². The highest BCUT2D eigenvalue weighted by Crippen LogP contribution is 2.55. The minimum Gasteiger partial charge on any atom is -0.393 e. The first kappa shape index (κ1) is 29.8. The highest BCUT2D eigenvalue weighted by atomic mass is 35.5. The van der Waals surface area contributed by atoms with Crippen LogP contribution in [0.5, 0.6) is 0 Å². The van der Waals surface area contributed by atoms with Crippen LogP contribution in [0.1, 0.15) is 58.4 Å². The molecule has 1 spiro atoms. The third kappa shape index (κ3) is 6.12. The van der Waals surface area contributed by atoms with Crippen molar-refractivity contribution in [3.63, 3.8) is 0 Å². The lowest BCUT2D eigenvalue weighted by atomic mass is 9.62. The van der Waals surface area contributed by atoms with E-state index in [0.717, 1.165) is 5.56 Å². The van der Waals surface area contributed by atoms with E-state index in [0.29, 0.717) is 48.4 Å². The zero-order valence-corrected chi connectivity index (χ0v) is 24.2. The molecule has 3 aliphatic rings. The van der Waals surface area contributed by atoms with Gasteiger partial charge in [0.2, 0.25) is 11.8 Å². The van der Waals surface area contributed by atoms with Crippen LogP contribution in [0.4, 0.5) is 10.1 Å². The van der Waals surface area contributed by atoms with Crippen molar-refractivity contribution >= 4 is 40.7 Å². The van der Waals surface area contributed by atoms with Crippen molar-refractivity contribution in [2.45, 2.75) is 82.5 Å². The van der Waals surface area contributed by atoms with Gasteiger partial charge in [0.1, 0.15) is 12.1 Å². The lowest BCUT2D eigenvalue weighted by molar-refractivity contribution is -0.125. The number of hydrogen-bond donors (Lipinski definition) is 4. The van der Waals surface area contributed by atoms with Gasteiger partial charge in [-0.15, -0.1) is 0 Å². The van der Waals surface area contributed by atoms with Gasteiger partial charge in [-0.05, 0) is 66.9 Å². The van der Waals surface area contributed by atoms with Crippen LogP contribution >= 0.6 is 23.2 Å². The number of fused-ring (bicyclic) bond motifs is 2. The predicted molar refractivity (Wildman–Crippen MR) is 155 cm³/mol. The summed E-state index contributed by atoms with van der Waals surface area (Å²) in [5.41, 5.74) is 0.650. The summed E-state index contributed by atoms with van der Waals surface area (Å²) < 4.78 is 12.9. The van der Waals surface area contributed by atoms with Gasteiger partial charge >= 0.3 is 0 Å². The Balaban J connectivity index is 1.81. The highest BCUT2D eigenvalue weighted by molar-refractivity contribution is 6.31. The Morgan fingerprint density at radius 3 is 2.62 bits per heavy atom. The number of carbonyl (C=O) groups excluding carboxylic acids is 2. The lowest BCUT2D eigenvalue weighted by Gasteiger charge is -2.38. The fourth-order valence-electron chi connectivity index (χ4n) is 6.41. The first-order chi connectivity index (χ1) is 18.4. The molecule has 212 valence electrons. The summed E-state index contributed by atoms with van der Waals surface area (Å²) in [6.07, 6.45) is 7.67. The van der Waals surface area contributed by atoms with Crippen molar-refractivity contribution in [1.29, 1.82) is 0 Å². The summed E-state index contributed by atoms with van der Waals surface area (Å²) in [4.78, 5) is 28.0. The molecule has 4 rings (SSSR count). The molecule has 0 radical (unpaired) electrons. The van der Waals surface area contributed by atoms with Crippen LogP contribution in [0.3, 0.4) is 0 Å². The molecule has 1 aromatic carbocycles. The van der Waals surface area contributed by atoms with Crippen LogP contribution < -0.4 is 16.0 Å². The first-order valence-corrected chi connectivity index (χ1v) is 14.3. The normalized spacial score (nSPS) is 31.0. The molecule has 0 bridgehead atoms. The minimum absolute atomic E-state index is 0.0382. The van der Waals surface area contributed by atoms with E-state index in [1.54, 1.807) is 24.3 Å². The van der Waals surface area contributed by atoms with Crippen molar-refractivity contribution < 1.29 is 19.1 Å². The van der Waals surface area contributed by atoms with Gasteiger partial charge in [0.15, 0.2) is 0 Å². The van der Waals surface area contributed by atoms with Gasteiger partial charge in [-0.25, -0.2) is 4.39 Å². The van der Waals surface area contributed by atoms with Crippen LogP contribution in [-0.4, -0.2) is 47.8 Å². The maximum Gasteiger partial charge on any atom is 0.238 e. The maximum atomic E-state index is 14.1. The number of alkyl halides is 1. The van der Waals surface area contributed by atoms with Gasteiger partial charge in [-0.1, -0.05) is 68.8 Å². The molecular weight excluding hydrogens is 540 g/mol. The van der Waals surface area contributed by atoms with Crippen molar-refractivity contribution in [3.05, 3.63) is 64.2 Å². The van der Waals surface area contributed by atoms with E-state index in [4.69, 9.17) is 23.2 Å². The fourth-order valence-corrected chi connectivity index (χ4v) is 6.65. The summed E-state index contributed by atoms with van der Waals surface area (Å²) in [6, 6.07) is 4.16. The van der Waals surface area contributed by atoms with Gasteiger partial charge in [0.25, 0.3) is 0 Å². The SMILES string of the molecule is C=C(/C=C\C=C(\Cl)CF)[C@H]1[C@H](C(=O)N[C@H]2CC[C@H](O)CC2)N[C@H](CC(C)(C)C)[C@]12C(=O)Nc1cc(Cl)ccc12. The summed E-state index contributed by atoms with van der Waals surface area (Å²) in [7, 11) is 0. The second-order valence-electron chi connectivity index (χ2n) is 12.1. The molecule has 4 N–H and O–H groups in total. The average Bonchev–Trinajstić information content (AvgIpc) is 3.34. The number of allylic oxidation sites excluding steroid dienone is 4. The topological polar surface area (TPSA) is 90.5 Å². The first-order valence-electron chi connectivity index (χ1n) is 13.5. The van der Waals surface area contributed by atoms with Crippen LogP contribution in [0, 0.1) is 11.3 Å². The molecule has 4 atom stereocenters. The monoisotopic (exact) mass is 577 g/mol. The number of rotatable bonds is 7. The Morgan fingerprint density at radius 1 is 1.28 bits per heavy atom. The molecule has 1 saturated carbocycles. The minimum atomic E-state index is -1.13. The second kappa shape index (κ2) is 11.7. The third-order valence-corrected chi connectivity index (χ3v) is 8.52. The number of aliphatic hydroxyl groups excluding tert-OH is 1. The predicted octanol–water partition coefficient (Wildman–Crippen LogP) is 5.55. The Bertz CT molecular complexity index is 1190. The number of hydrogen-bond acceptors (Lipinski definition) is 4. The average molecular weight is 579 g/mol. The maximum absolute atomic E-state index is 14.1. The Morgan fingerprint density at radius 2 is 1.97 bits per heavy atom. The number of nitrogens with one attached hydrogen (secondary N) is 3. The zero-order valence-electron chi connectivity index (χ0n) is 22.7. The fraction of sp³-hybridized carbons (Fsp3) is 0.533. The third-order valence-electron chi connectivity index (χ3n) is 8.06. The number of anilines is 1. The molecule has 6 nitrogen and oxygen atoms in total. The van der Waals surface area contributed by atoms with Crippen molar-refractivity contribution in [2.75, 3.05) is 12.0 Å². The van der Waals surface area contributed by atoms with E-state index >= 15 is 0 Å². The van der Waals surface area contributed by atoms with E-state index in [9.17, 15) is 19.1 Å². The number of aliphatic hydroxyl groups is 1. The molecule has 1 aliphatic carbocycles. The number of benzene rings is 1. The molecular formula is C30H38Cl2FN3O3. The van der Waals surface area contributed by atoms with E-state index in [1.807, 2.05) is 6.07 Å². The molecule has 2 fully saturated rings. The standard InChI is InChI=1S/C30H38Cl2FN3O3/c1-17(6-5-7-19(32)16-33)25-26(27(38)34-20-9-11-21(37)12-10-20)36-24(15-29(2,3)4)30(25)22-13-8-18(31)14-23(22)35-28(30)39/h5-8,13-14,20-21,24-26,36-37H,1,9-12,15-16H2,2-4H3,(H,34,38)(H,35,39)/b6-5-,19-7+/t20-,21-,24-,25+,26-,30+/m1/s1. The summed E-state index contributed by atoms with van der Waals surface area (Å²) in [5, 5.41) is 20.2. The Kier molecular flexibility index (Phi) is 8.96. The van der Waals surface area contributed by atoms with Crippen molar-refractivity contribution in [2.24, 2.45) is 11.3 Å². The molecule has 1 saturated heterocycles. The molecule has 39 heavy (non-hydrogen) atoms. The Labute approximate surface area is 240 Å². The van der Waals surface area contributed by atoms with Crippen LogP contribution in [0.15, 0.2) is 53.6 Å². The lowest BCUT2D eigenvalue weighted by Crippen LogP contribution is -2.51. The number of amides is 2. The van der Waals surface area contributed by atoms with Gasteiger partial charge in [0, 0.05) is 33.7 Å². The molecule has 9 heteroatoms. The molecule has 2 aliphatic heterocycles. The van der Waals surface area contributed by atoms with Gasteiger partial charge in [-0.3, -0.25) is 9.59 Å². The number of halogens is 3. The Hall–Kier alpha value is -2.19. The van der Waals surface area contributed by atoms with Gasteiger partial charge < -0.3 is 21.1 Å². The van der Waals surface area contributed by atoms with E-state index in [-0.39, 0.29) is 40.4 Å². The summed E-state index contributed by atoms with van der Waals surface area (Å²) >= 11 is 12.2. The quantitative estimate of drug-likeness (QED) is 0.320. The van der Waals surface area contributed by atoms with Crippen molar-refractivity contribution in [3.8, 4) is 0 Å².